The number of carbonyl (C=O) groups excluding carboxylic acids is 1. The smallest absolute Gasteiger partial charge is 0.210 e. The first kappa shape index (κ1) is 18.0. The van der Waals surface area contributed by atoms with Crippen LogP contribution in [0, 0.1) is 0 Å². The van der Waals surface area contributed by atoms with Crippen molar-refractivity contribution < 1.29 is 9.53 Å². The van der Waals surface area contributed by atoms with Crippen LogP contribution in [0.2, 0.25) is 0 Å². The fraction of sp³-hybridized carbons (Fsp3) is 0.250. The first-order chi connectivity index (χ1) is 13.3. The fourth-order valence-corrected chi connectivity index (χ4v) is 5.00. The van der Waals surface area contributed by atoms with Crippen LogP contribution < -0.4 is 10.1 Å². The van der Waals surface area contributed by atoms with Crippen LogP contribution in [0.3, 0.4) is 0 Å². The van der Waals surface area contributed by atoms with Crippen molar-refractivity contribution in [2.24, 2.45) is 0 Å². The van der Waals surface area contributed by atoms with Gasteiger partial charge in [-0.15, -0.1) is 10.2 Å². The molecule has 1 atom stereocenters. The lowest BCUT2D eigenvalue weighted by molar-refractivity contribution is -0.119. The molecular formula is C20H19N3O2S2. The Balaban J connectivity index is 1.35. The van der Waals surface area contributed by atoms with E-state index in [0.717, 1.165) is 45.9 Å². The predicted molar refractivity (Wildman–Crippen MR) is 109 cm³/mol. The number of hydrogen-bond donors (Lipinski definition) is 1. The van der Waals surface area contributed by atoms with Gasteiger partial charge in [0.25, 0.3) is 0 Å². The molecule has 1 aromatic heterocycles. The molecule has 2 aromatic carbocycles. The fourth-order valence-electron chi connectivity index (χ4n) is 2.86. The van der Waals surface area contributed by atoms with Gasteiger partial charge in [0, 0.05) is 12.1 Å². The summed E-state index contributed by atoms with van der Waals surface area (Å²) in [6.45, 7) is 0. The van der Waals surface area contributed by atoms with Crippen LogP contribution in [0.25, 0.3) is 0 Å². The minimum Gasteiger partial charge on any atom is -0.457 e. The molecule has 0 saturated heterocycles. The Morgan fingerprint density at radius 3 is 2.56 bits per heavy atom. The number of hydrogen-bond acceptors (Lipinski definition) is 7. The van der Waals surface area contributed by atoms with Crippen molar-refractivity contribution >= 4 is 39.7 Å². The summed E-state index contributed by atoms with van der Waals surface area (Å²) in [4.78, 5) is 12.0. The van der Waals surface area contributed by atoms with E-state index in [1.807, 2.05) is 54.6 Å². The topological polar surface area (TPSA) is 64.1 Å². The van der Waals surface area contributed by atoms with Crippen LogP contribution >= 0.6 is 23.1 Å². The maximum atomic E-state index is 12.0. The highest BCUT2D eigenvalue weighted by Gasteiger charge is 2.24. The van der Waals surface area contributed by atoms with E-state index in [4.69, 9.17) is 4.74 Å². The van der Waals surface area contributed by atoms with E-state index < -0.39 is 0 Å². The van der Waals surface area contributed by atoms with Crippen LogP contribution in [-0.2, 0) is 4.79 Å². The third kappa shape index (κ3) is 4.87. The molecule has 0 amide bonds. The van der Waals surface area contributed by atoms with E-state index in [0.29, 0.717) is 12.2 Å². The van der Waals surface area contributed by atoms with E-state index in [-0.39, 0.29) is 5.25 Å². The Labute approximate surface area is 166 Å². The lowest BCUT2D eigenvalue weighted by Crippen LogP contribution is -2.21. The molecule has 138 valence electrons. The summed E-state index contributed by atoms with van der Waals surface area (Å²) >= 11 is 3.02. The van der Waals surface area contributed by atoms with Gasteiger partial charge in [0.15, 0.2) is 4.34 Å². The normalized spacial score (nSPS) is 16.9. The Morgan fingerprint density at radius 2 is 1.78 bits per heavy atom. The Morgan fingerprint density at radius 1 is 1.00 bits per heavy atom. The van der Waals surface area contributed by atoms with E-state index >= 15 is 0 Å². The van der Waals surface area contributed by atoms with Gasteiger partial charge in [-0.2, -0.15) is 0 Å². The minimum atomic E-state index is 0.0361. The Hall–Kier alpha value is -2.38. The van der Waals surface area contributed by atoms with Crippen molar-refractivity contribution in [2.45, 2.75) is 35.3 Å². The summed E-state index contributed by atoms with van der Waals surface area (Å²) in [5.74, 6) is 1.92. The number of thioether (sulfide) groups is 1. The SMILES string of the molecule is O=C1CCCCC1Sc1nnc(Nc2ccc(Oc3ccccc3)cc2)s1. The molecule has 0 spiro atoms. The van der Waals surface area contributed by atoms with Crippen molar-refractivity contribution in [3.8, 4) is 11.5 Å². The molecule has 1 aliphatic rings. The Bertz CT molecular complexity index is 897. The largest absolute Gasteiger partial charge is 0.457 e. The van der Waals surface area contributed by atoms with Gasteiger partial charge in [0.2, 0.25) is 5.13 Å². The average Bonchev–Trinajstić information content (AvgIpc) is 3.13. The van der Waals surface area contributed by atoms with E-state index in [9.17, 15) is 4.79 Å². The number of rotatable bonds is 6. The number of ketones is 1. The second kappa shape index (κ2) is 8.54. The number of nitrogens with zero attached hydrogens (tertiary/aromatic N) is 2. The minimum absolute atomic E-state index is 0.0361. The number of para-hydroxylation sites is 1. The molecule has 0 aliphatic heterocycles. The second-order valence-corrected chi connectivity index (χ2v) is 8.68. The Kier molecular flexibility index (Phi) is 5.69. The predicted octanol–water partition coefficient (Wildman–Crippen LogP) is 5.68. The second-order valence-electron chi connectivity index (χ2n) is 6.26. The maximum Gasteiger partial charge on any atom is 0.210 e. The van der Waals surface area contributed by atoms with E-state index in [1.54, 1.807) is 11.8 Å². The van der Waals surface area contributed by atoms with Gasteiger partial charge in [-0.1, -0.05) is 47.7 Å². The van der Waals surface area contributed by atoms with Crippen molar-refractivity contribution in [1.29, 1.82) is 0 Å². The summed E-state index contributed by atoms with van der Waals surface area (Å²) in [6, 6.07) is 17.4. The molecular weight excluding hydrogens is 378 g/mol. The van der Waals surface area contributed by atoms with Gasteiger partial charge < -0.3 is 10.1 Å². The molecule has 0 radical (unpaired) electrons. The summed E-state index contributed by atoms with van der Waals surface area (Å²) in [5, 5.41) is 12.4. The highest BCUT2D eigenvalue weighted by atomic mass is 32.2. The van der Waals surface area contributed by atoms with E-state index in [1.165, 1.54) is 11.3 Å². The number of anilines is 2. The maximum absolute atomic E-state index is 12.0. The molecule has 3 aromatic rings. The quantitative estimate of drug-likeness (QED) is 0.577. The number of benzene rings is 2. The zero-order valence-electron chi connectivity index (χ0n) is 14.6. The first-order valence-corrected chi connectivity index (χ1v) is 10.6. The van der Waals surface area contributed by atoms with Crippen molar-refractivity contribution in [3.05, 3.63) is 54.6 Å². The first-order valence-electron chi connectivity index (χ1n) is 8.89. The van der Waals surface area contributed by atoms with E-state index in [2.05, 4.69) is 15.5 Å². The van der Waals surface area contributed by atoms with Gasteiger partial charge in [0.1, 0.15) is 17.3 Å². The third-order valence-electron chi connectivity index (χ3n) is 4.23. The molecule has 7 heteroatoms. The summed E-state index contributed by atoms with van der Waals surface area (Å²) in [7, 11) is 0. The average molecular weight is 398 g/mol. The van der Waals surface area contributed by atoms with Gasteiger partial charge in [-0.05, 0) is 49.2 Å². The molecule has 4 rings (SSSR count). The summed E-state index contributed by atoms with van der Waals surface area (Å²) in [5.41, 5.74) is 0.914. The molecule has 1 fully saturated rings. The molecule has 27 heavy (non-hydrogen) atoms. The van der Waals surface area contributed by atoms with Crippen LogP contribution in [0.4, 0.5) is 10.8 Å². The molecule has 1 heterocycles. The van der Waals surface area contributed by atoms with Crippen LogP contribution in [-0.4, -0.2) is 21.2 Å². The van der Waals surface area contributed by atoms with Crippen LogP contribution in [0.1, 0.15) is 25.7 Å². The van der Waals surface area contributed by atoms with Crippen molar-refractivity contribution in [2.75, 3.05) is 5.32 Å². The summed E-state index contributed by atoms with van der Waals surface area (Å²) < 4.78 is 6.63. The monoisotopic (exact) mass is 397 g/mol. The van der Waals surface area contributed by atoms with Crippen molar-refractivity contribution in [1.82, 2.24) is 10.2 Å². The molecule has 1 N–H and O–H groups in total. The van der Waals surface area contributed by atoms with Gasteiger partial charge >= 0.3 is 0 Å². The molecule has 1 aliphatic carbocycles. The zero-order chi connectivity index (χ0) is 18.5. The van der Waals surface area contributed by atoms with Crippen LogP contribution in [0.15, 0.2) is 58.9 Å². The van der Waals surface area contributed by atoms with Gasteiger partial charge in [0.05, 0.1) is 5.25 Å². The van der Waals surface area contributed by atoms with Crippen LogP contribution in [0.5, 0.6) is 11.5 Å². The number of carbonyl (C=O) groups is 1. The lowest BCUT2D eigenvalue weighted by Gasteiger charge is -2.17. The zero-order valence-corrected chi connectivity index (χ0v) is 16.3. The molecule has 1 unspecified atom stereocenters. The number of aromatic nitrogens is 2. The highest BCUT2D eigenvalue weighted by Crippen LogP contribution is 2.35. The van der Waals surface area contributed by atoms with Gasteiger partial charge in [-0.25, -0.2) is 0 Å². The molecule has 0 bridgehead atoms. The lowest BCUT2D eigenvalue weighted by atomic mass is 9.99. The van der Waals surface area contributed by atoms with Crippen molar-refractivity contribution in [3.63, 3.8) is 0 Å². The molecule has 1 saturated carbocycles. The summed E-state index contributed by atoms with van der Waals surface area (Å²) in [6.07, 6.45) is 3.77. The highest BCUT2D eigenvalue weighted by molar-refractivity contribution is 8.02. The van der Waals surface area contributed by atoms with Gasteiger partial charge in [-0.3, -0.25) is 4.79 Å². The molecule has 5 nitrogen and oxygen atoms in total. The number of nitrogens with one attached hydrogen (secondary N) is 1. The number of ether oxygens (including phenoxy) is 1. The number of Topliss-reactive ketones (excluding diaryl/α,β-unsaturated/α-hetero) is 1. The standard InChI is InChI=1S/C20H19N3O2S2/c24-17-8-4-5-9-18(17)26-20-23-22-19(27-20)21-14-10-12-16(13-11-14)25-15-6-2-1-3-7-15/h1-3,6-7,10-13,18H,4-5,8-9H2,(H,21,22). The third-order valence-corrected chi connectivity index (χ3v) is 6.47.